The first-order chi connectivity index (χ1) is 8.49. The Labute approximate surface area is 105 Å². The van der Waals surface area contributed by atoms with E-state index in [0.29, 0.717) is 5.69 Å². The molecule has 0 bridgehead atoms. The summed E-state index contributed by atoms with van der Waals surface area (Å²) < 4.78 is 2.60. The molecule has 1 aromatic heterocycles. The normalized spacial score (nSPS) is 10.6. The van der Waals surface area contributed by atoms with E-state index in [1.165, 1.54) is 6.33 Å². The monoisotopic (exact) mass is 246 g/mol. The van der Waals surface area contributed by atoms with Crippen molar-refractivity contribution in [3.8, 4) is 5.69 Å². The lowest BCUT2D eigenvalue weighted by Gasteiger charge is -2.00. The lowest BCUT2D eigenvalue weighted by atomic mass is 10.1. The molecule has 2 aromatic rings. The molecule has 0 aliphatic carbocycles. The minimum absolute atomic E-state index is 0.00548. The van der Waals surface area contributed by atoms with E-state index in [2.05, 4.69) is 0 Å². The highest BCUT2D eigenvalue weighted by Gasteiger charge is 2.13. The third-order valence-corrected chi connectivity index (χ3v) is 3.01. The molecule has 2 rings (SSSR count). The average molecular weight is 246 g/mol. The van der Waals surface area contributed by atoms with Crippen LogP contribution in [0.2, 0.25) is 0 Å². The van der Waals surface area contributed by atoms with Crippen LogP contribution >= 0.6 is 0 Å². The fraction of sp³-hybridized carbons (Fsp3) is 0.231. The highest BCUT2D eigenvalue weighted by molar-refractivity contribution is 5.70. The minimum atomic E-state index is -0.854. The second-order valence-corrected chi connectivity index (χ2v) is 4.22. The second-order valence-electron chi connectivity index (χ2n) is 4.22. The molecule has 0 spiro atoms. The van der Waals surface area contributed by atoms with E-state index >= 15 is 0 Å². The summed E-state index contributed by atoms with van der Waals surface area (Å²) >= 11 is 0. The third kappa shape index (κ3) is 2.20. The summed E-state index contributed by atoms with van der Waals surface area (Å²) in [6.07, 6.45) is 1.47. The van der Waals surface area contributed by atoms with E-state index in [4.69, 9.17) is 5.11 Å². The Hall–Kier alpha value is -2.30. The summed E-state index contributed by atoms with van der Waals surface area (Å²) in [6, 6.07) is 7.14. The molecule has 0 fully saturated rings. The standard InChI is InChI=1S/C13H14N2O3/c1-9-10(2)15(18)8-14(9)12-5-3-11(4-6-12)7-13(16)17/h3-6,8H,7H2,1-2H3,(H,16,17). The Balaban J connectivity index is 2.34. The van der Waals surface area contributed by atoms with Crippen LogP contribution in [0, 0.1) is 19.1 Å². The zero-order chi connectivity index (χ0) is 13.3. The van der Waals surface area contributed by atoms with E-state index in [1.54, 1.807) is 23.6 Å². The summed E-state index contributed by atoms with van der Waals surface area (Å²) in [7, 11) is 0. The predicted molar refractivity (Wildman–Crippen MR) is 65.5 cm³/mol. The molecule has 0 radical (unpaired) electrons. The van der Waals surface area contributed by atoms with Crippen LogP contribution in [0.4, 0.5) is 0 Å². The molecule has 0 saturated heterocycles. The van der Waals surface area contributed by atoms with Crippen molar-refractivity contribution < 1.29 is 14.6 Å². The topological polar surface area (TPSA) is 69.2 Å². The number of rotatable bonds is 3. The number of hydrogen-bond donors (Lipinski definition) is 1. The van der Waals surface area contributed by atoms with Gasteiger partial charge in [0.1, 0.15) is 17.1 Å². The molecular weight excluding hydrogens is 232 g/mol. The Morgan fingerprint density at radius 1 is 1.33 bits per heavy atom. The van der Waals surface area contributed by atoms with E-state index in [0.717, 1.165) is 21.7 Å². The highest BCUT2D eigenvalue weighted by atomic mass is 16.5. The van der Waals surface area contributed by atoms with Gasteiger partial charge in [-0.15, -0.1) is 0 Å². The summed E-state index contributed by atoms with van der Waals surface area (Å²) in [5, 5.41) is 20.2. The van der Waals surface area contributed by atoms with Crippen LogP contribution in [0.15, 0.2) is 30.6 Å². The summed E-state index contributed by atoms with van der Waals surface area (Å²) in [4.78, 5) is 10.6. The molecule has 1 heterocycles. The number of aliphatic carboxylic acids is 1. The van der Waals surface area contributed by atoms with Crippen LogP contribution in [-0.4, -0.2) is 15.6 Å². The van der Waals surface area contributed by atoms with Crippen LogP contribution in [0.5, 0.6) is 0 Å². The second kappa shape index (κ2) is 4.52. The molecular formula is C13H14N2O3. The van der Waals surface area contributed by atoms with E-state index in [-0.39, 0.29) is 6.42 Å². The van der Waals surface area contributed by atoms with E-state index in [9.17, 15) is 10.0 Å². The predicted octanol–water partition coefficient (Wildman–Crippen LogP) is 1.35. The van der Waals surface area contributed by atoms with Gasteiger partial charge in [-0.05, 0) is 17.7 Å². The molecule has 0 saturated carbocycles. The molecule has 0 atom stereocenters. The number of aromatic nitrogens is 2. The first-order valence-electron chi connectivity index (χ1n) is 5.58. The zero-order valence-corrected chi connectivity index (χ0v) is 10.3. The van der Waals surface area contributed by atoms with Crippen molar-refractivity contribution in [2.75, 3.05) is 0 Å². The Morgan fingerprint density at radius 2 is 1.94 bits per heavy atom. The fourth-order valence-electron chi connectivity index (χ4n) is 1.82. The molecule has 5 heteroatoms. The van der Waals surface area contributed by atoms with Crippen molar-refractivity contribution in [2.45, 2.75) is 20.3 Å². The number of imidazole rings is 1. The van der Waals surface area contributed by atoms with Crippen molar-refractivity contribution in [1.82, 2.24) is 4.57 Å². The third-order valence-electron chi connectivity index (χ3n) is 3.01. The van der Waals surface area contributed by atoms with Gasteiger partial charge in [-0.1, -0.05) is 12.1 Å². The van der Waals surface area contributed by atoms with Gasteiger partial charge in [-0.2, -0.15) is 4.57 Å². The van der Waals surface area contributed by atoms with Crippen molar-refractivity contribution in [3.63, 3.8) is 0 Å². The van der Waals surface area contributed by atoms with Gasteiger partial charge in [0.25, 0.3) is 6.33 Å². The van der Waals surface area contributed by atoms with Crippen molar-refractivity contribution in [1.29, 1.82) is 0 Å². The number of carboxylic acid groups (broad SMARTS) is 1. The van der Waals surface area contributed by atoms with Gasteiger partial charge < -0.3 is 10.3 Å². The highest BCUT2D eigenvalue weighted by Crippen LogP contribution is 2.14. The van der Waals surface area contributed by atoms with Gasteiger partial charge in [0.2, 0.25) is 0 Å². The van der Waals surface area contributed by atoms with Crippen molar-refractivity contribution in [3.05, 3.63) is 52.8 Å². The Bertz CT molecular complexity index is 585. The smallest absolute Gasteiger partial charge is 0.307 e. The van der Waals surface area contributed by atoms with E-state index < -0.39 is 5.97 Å². The summed E-state index contributed by atoms with van der Waals surface area (Å²) in [5.41, 5.74) is 3.11. The quantitative estimate of drug-likeness (QED) is 0.656. The number of benzene rings is 1. The van der Waals surface area contributed by atoms with Gasteiger partial charge in [0, 0.05) is 13.8 Å². The Kier molecular flexibility index (Phi) is 3.06. The number of nitrogens with zero attached hydrogens (tertiary/aromatic N) is 2. The number of carboxylic acids is 1. The van der Waals surface area contributed by atoms with Crippen molar-refractivity contribution in [2.24, 2.45) is 0 Å². The van der Waals surface area contributed by atoms with Crippen LogP contribution in [0.1, 0.15) is 17.0 Å². The summed E-state index contributed by atoms with van der Waals surface area (Å²) in [6.45, 7) is 3.63. The van der Waals surface area contributed by atoms with Gasteiger partial charge in [0.05, 0.1) is 6.42 Å². The van der Waals surface area contributed by atoms with Crippen molar-refractivity contribution >= 4 is 5.97 Å². The first-order valence-corrected chi connectivity index (χ1v) is 5.58. The molecule has 1 N–H and O–H groups in total. The molecule has 0 aliphatic rings. The molecule has 5 nitrogen and oxygen atoms in total. The average Bonchev–Trinajstić information content (AvgIpc) is 2.57. The maximum Gasteiger partial charge on any atom is 0.307 e. The van der Waals surface area contributed by atoms with E-state index in [1.807, 2.05) is 19.1 Å². The number of hydrogen-bond acceptors (Lipinski definition) is 2. The van der Waals surface area contributed by atoms with Gasteiger partial charge in [-0.25, -0.2) is 4.73 Å². The molecule has 1 aromatic carbocycles. The minimum Gasteiger partial charge on any atom is -0.711 e. The largest absolute Gasteiger partial charge is 0.711 e. The molecule has 0 aliphatic heterocycles. The lowest BCUT2D eigenvalue weighted by Crippen LogP contribution is -2.26. The maximum absolute atomic E-state index is 11.5. The first kappa shape index (κ1) is 12.2. The molecule has 94 valence electrons. The molecule has 18 heavy (non-hydrogen) atoms. The SMILES string of the molecule is Cc1c(C)[n+]([O-])cn1-c1ccc(CC(=O)O)cc1. The van der Waals surface area contributed by atoms with Gasteiger partial charge in [0.15, 0.2) is 0 Å². The van der Waals surface area contributed by atoms with Crippen LogP contribution in [0.25, 0.3) is 5.69 Å². The molecule has 0 amide bonds. The number of carbonyl (C=O) groups is 1. The van der Waals surface area contributed by atoms with Crippen LogP contribution in [0.3, 0.4) is 0 Å². The van der Waals surface area contributed by atoms with Gasteiger partial charge in [-0.3, -0.25) is 4.79 Å². The van der Waals surface area contributed by atoms with Crippen LogP contribution < -0.4 is 4.73 Å². The van der Waals surface area contributed by atoms with Crippen LogP contribution in [-0.2, 0) is 11.2 Å². The fourth-order valence-corrected chi connectivity index (χ4v) is 1.82. The lowest BCUT2D eigenvalue weighted by molar-refractivity contribution is -0.611. The summed E-state index contributed by atoms with van der Waals surface area (Å²) in [5.74, 6) is -0.854. The Morgan fingerprint density at radius 3 is 2.39 bits per heavy atom. The maximum atomic E-state index is 11.5. The molecule has 0 unspecified atom stereocenters. The zero-order valence-electron chi connectivity index (χ0n) is 10.3. The van der Waals surface area contributed by atoms with Gasteiger partial charge >= 0.3 is 5.97 Å².